The smallest absolute Gasteiger partial charge is 1.00 e. The Morgan fingerprint density at radius 1 is 1.02 bits per heavy atom. The molecule has 2 N–H and O–H groups in total. The van der Waals surface area contributed by atoms with Crippen LogP contribution in [0.25, 0.3) is 11.1 Å². The standard InChI is InChI=1S/C35H42ClNO4S.Li.H/c1-24-10-6-7-16-29(24)31-23-27(17-18-30(31)34(38)37-32(35(39)40)19-21-42-2)33(26-14-8-15-28(36)22-26)41-20-9-13-25-11-4-3-5-12-25;;/h6-8,10,14-18,22-23,25,32-33H,3-5,9,11-13,19-21H2,1-2H3,(H,37,38)(H,39,40);;/q;+1;-1. The molecule has 5 nitrogen and oxygen atoms in total. The van der Waals surface area contributed by atoms with Crippen LogP contribution in [0.15, 0.2) is 66.7 Å². The topological polar surface area (TPSA) is 75.6 Å². The van der Waals surface area contributed by atoms with Gasteiger partial charge >= 0.3 is 24.8 Å². The molecule has 0 aromatic heterocycles. The summed E-state index contributed by atoms with van der Waals surface area (Å²) in [4.78, 5) is 25.4. The van der Waals surface area contributed by atoms with Crippen LogP contribution in [0.3, 0.4) is 0 Å². The molecule has 2 atom stereocenters. The third kappa shape index (κ3) is 10.2. The minimum Gasteiger partial charge on any atom is -1.00 e. The van der Waals surface area contributed by atoms with Crippen molar-refractivity contribution in [3.8, 4) is 11.1 Å². The van der Waals surface area contributed by atoms with Crippen LogP contribution in [0, 0.1) is 12.8 Å². The molecule has 0 heterocycles. The number of carboxylic acid groups (broad SMARTS) is 1. The Bertz CT molecular complexity index is 1350. The van der Waals surface area contributed by atoms with Crippen molar-refractivity contribution in [2.45, 2.75) is 70.4 Å². The van der Waals surface area contributed by atoms with E-state index in [-0.39, 0.29) is 26.4 Å². The van der Waals surface area contributed by atoms with Gasteiger partial charge in [0.25, 0.3) is 5.91 Å². The molecular weight excluding hydrogens is 573 g/mol. The molecular formula is C35H43ClLiNO4S. The zero-order valence-corrected chi connectivity index (χ0v) is 27.2. The number of aryl methyl sites for hydroxylation is 1. The normalized spacial score (nSPS) is 14.9. The van der Waals surface area contributed by atoms with E-state index in [1.54, 1.807) is 17.8 Å². The summed E-state index contributed by atoms with van der Waals surface area (Å²) in [5.41, 5.74) is 5.00. The van der Waals surface area contributed by atoms with Crippen LogP contribution in [0.4, 0.5) is 0 Å². The van der Waals surface area contributed by atoms with Crippen LogP contribution in [0.2, 0.25) is 5.02 Å². The van der Waals surface area contributed by atoms with Crippen LogP contribution in [0.5, 0.6) is 0 Å². The molecule has 0 bridgehead atoms. The van der Waals surface area contributed by atoms with Gasteiger partial charge in [-0.05, 0) is 96.2 Å². The summed E-state index contributed by atoms with van der Waals surface area (Å²) in [5, 5.41) is 13.1. The molecule has 0 radical (unpaired) electrons. The first-order chi connectivity index (χ1) is 20.4. The van der Waals surface area contributed by atoms with Gasteiger partial charge in [-0.3, -0.25) is 4.79 Å². The first-order valence-corrected chi connectivity index (χ1v) is 16.7. The molecule has 0 spiro atoms. The Hall–Kier alpha value is -2.20. The summed E-state index contributed by atoms with van der Waals surface area (Å²) in [5.74, 6) is -0.00153. The van der Waals surface area contributed by atoms with Gasteiger partial charge < -0.3 is 16.6 Å². The molecule has 4 rings (SSSR count). The van der Waals surface area contributed by atoms with E-state index in [2.05, 4.69) is 5.32 Å². The van der Waals surface area contributed by atoms with Gasteiger partial charge in [-0.1, -0.05) is 86.2 Å². The molecule has 2 unspecified atom stereocenters. The molecule has 1 saturated carbocycles. The van der Waals surface area contributed by atoms with Crippen LogP contribution in [0.1, 0.15) is 85.9 Å². The first-order valence-electron chi connectivity index (χ1n) is 15.0. The van der Waals surface area contributed by atoms with Gasteiger partial charge in [0.2, 0.25) is 0 Å². The number of carbonyl (C=O) groups excluding carboxylic acids is 1. The summed E-state index contributed by atoms with van der Waals surface area (Å²) >= 11 is 7.96. The quantitative estimate of drug-likeness (QED) is 0.176. The summed E-state index contributed by atoms with van der Waals surface area (Å²) in [6, 6.07) is 20.4. The number of carboxylic acids is 1. The number of rotatable bonds is 14. The van der Waals surface area contributed by atoms with E-state index in [1.807, 2.05) is 73.8 Å². The minimum atomic E-state index is -1.03. The zero-order valence-electron chi connectivity index (χ0n) is 26.6. The van der Waals surface area contributed by atoms with Gasteiger partial charge in [-0.25, -0.2) is 4.79 Å². The monoisotopic (exact) mass is 615 g/mol. The maximum Gasteiger partial charge on any atom is 1.00 e. The Balaban J connectivity index is 0.00000337. The molecule has 8 heteroatoms. The molecule has 0 aliphatic heterocycles. The van der Waals surface area contributed by atoms with E-state index < -0.39 is 17.9 Å². The van der Waals surface area contributed by atoms with Crippen molar-refractivity contribution >= 4 is 35.2 Å². The number of hydrogen-bond donors (Lipinski definition) is 2. The first kappa shape index (κ1) is 35.3. The number of thioether (sulfide) groups is 1. The van der Waals surface area contributed by atoms with Crippen molar-refractivity contribution in [1.29, 1.82) is 0 Å². The van der Waals surface area contributed by atoms with Crippen molar-refractivity contribution in [3.05, 3.63) is 94.0 Å². The average Bonchev–Trinajstić information content (AvgIpc) is 2.99. The van der Waals surface area contributed by atoms with Crippen LogP contribution < -0.4 is 24.2 Å². The predicted octanol–water partition coefficient (Wildman–Crippen LogP) is 5.83. The van der Waals surface area contributed by atoms with Crippen molar-refractivity contribution < 1.29 is 39.7 Å². The zero-order chi connectivity index (χ0) is 29.9. The van der Waals surface area contributed by atoms with Crippen LogP contribution >= 0.6 is 23.4 Å². The number of nitrogens with one attached hydrogen (secondary N) is 1. The maximum atomic E-state index is 13.6. The van der Waals surface area contributed by atoms with Gasteiger partial charge in [-0.15, -0.1) is 0 Å². The summed E-state index contributed by atoms with van der Waals surface area (Å²) in [6.07, 6.45) is 10.8. The second-order valence-corrected chi connectivity index (χ2v) is 12.6. The fourth-order valence-corrected chi connectivity index (χ4v) is 6.52. The molecule has 43 heavy (non-hydrogen) atoms. The van der Waals surface area contributed by atoms with Gasteiger partial charge in [-0.2, -0.15) is 11.8 Å². The number of carbonyl (C=O) groups is 2. The minimum absolute atomic E-state index is 0. The third-order valence-corrected chi connectivity index (χ3v) is 9.04. The number of aliphatic carboxylic acids is 1. The Morgan fingerprint density at radius 2 is 1.77 bits per heavy atom. The molecule has 0 saturated heterocycles. The van der Waals surface area contributed by atoms with Crippen LogP contribution in [-0.2, 0) is 9.53 Å². The molecule has 3 aromatic rings. The van der Waals surface area contributed by atoms with Crippen molar-refractivity contribution in [2.75, 3.05) is 18.6 Å². The van der Waals surface area contributed by atoms with Crippen molar-refractivity contribution in [3.63, 3.8) is 0 Å². The van der Waals surface area contributed by atoms with Crippen molar-refractivity contribution in [2.24, 2.45) is 5.92 Å². The molecule has 1 fully saturated rings. The average molecular weight is 616 g/mol. The van der Waals surface area contributed by atoms with Gasteiger partial charge in [0, 0.05) is 17.2 Å². The number of ether oxygens (including phenoxy) is 1. The largest absolute Gasteiger partial charge is 1.00 e. The van der Waals surface area contributed by atoms with Gasteiger partial charge in [0.1, 0.15) is 12.1 Å². The van der Waals surface area contributed by atoms with E-state index in [0.29, 0.717) is 29.4 Å². The molecule has 1 aliphatic rings. The summed E-state index contributed by atoms with van der Waals surface area (Å²) in [6.45, 7) is 2.64. The summed E-state index contributed by atoms with van der Waals surface area (Å²) < 4.78 is 6.58. The number of halogens is 1. The third-order valence-electron chi connectivity index (χ3n) is 8.16. The molecule has 3 aromatic carbocycles. The van der Waals surface area contributed by atoms with E-state index in [1.165, 1.54) is 38.5 Å². The van der Waals surface area contributed by atoms with E-state index in [9.17, 15) is 14.7 Å². The molecule has 1 aliphatic carbocycles. The molecule has 226 valence electrons. The Morgan fingerprint density at radius 3 is 2.47 bits per heavy atom. The fourth-order valence-electron chi connectivity index (χ4n) is 5.85. The SMILES string of the molecule is CSCCC(NC(=O)c1ccc(C(OCCCC2CCCCC2)c2cccc(Cl)c2)cc1-c1ccccc1C)C(=O)O.[H-].[Li+]. The van der Waals surface area contributed by atoms with Gasteiger partial charge in [0.15, 0.2) is 0 Å². The van der Waals surface area contributed by atoms with Crippen molar-refractivity contribution in [1.82, 2.24) is 5.32 Å². The molecule has 1 amide bonds. The van der Waals surface area contributed by atoms with Crippen LogP contribution in [-0.4, -0.2) is 41.6 Å². The second kappa shape index (κ2) is 17.9. The van der Waals surface area contributed by atoms with Gasteiger partial charge in [0.05, 0.1) is 0 Å². The van der Waals surface area contributed by atoms with E-state index in [4.69, 9.17) is 16.3 Å². The maximum absolute atomic E-state index is 13.6. The Kier molecular flexibility index (Phi) is 14.7. The van der Waals surface area contributed by atoms with E-state index >= 15 is 0 Å². The summed E-state index contributed by atoms with van der Waals surface area (Å²) in [7, 11) is 0. The second-order valence-electron chi connectivity index (χ2n) is 11.2. The number of amides is 1. The predicted molar refractivity (Wildman–Crippen MR) is 175 cm³/mol. The Labute approximate surface area is 279 Å². The number of benzene rings is 3. The fraction of sp³-hybridized carbons (Fsp3) is 0.429. The number of hydrogen-bond acceptors (Lipinski definition) is 4. The van der Waals surface area contributed by atoms with E-state index in [0.717, 1.165) is 40.2 Å².